The standard InChI is InChI=1S/C14H24N4/c1-3-6-18-10(2)16-17-14(18)9-11-7-12-4-5-13(8-11)15-12/h11-13,15H,3-9H2,1-2H3. The van der Waals surface area contributed by atoms with Crippen LogP contribution in [0.2, 0.25) is 0 Å². The second-order valence-corrected chi connectivity index (χ2v) is 5.99. The molecule has 100 valence electrons. The zero-order chi connectivity index (χ0) is 12.5. The maximum atomic E-state index is 4.39. The number of hydrogen-bond acceptors (Lipinski definition) is 3. The molecule has 2 aliphatic heterocycles. The quantitative estimate of drug-likeness (QED) is 0.887. The highest BCUT2D eigenvalue weighted by Crippen LogP contribution is 2.32. The fraction of sp³-hybridized carbons (Fsp3) is 0.857. The minimum absolute atomic E-state index is 0.775. The van der Waals surface area contributed by atoms with E-state index in [1.165, 1.54) is 31.5 Å². The molecule has 2 unspecified atom stereocenters. The molecule has 1 aromatic heterocycles. The summed E-state index contributed by atoms with van der Waals surface area (Å²) >= 11 is 0. The van der Waals surface area contributed by atoms with Crippen LogP contribution in [0, 0.1) is 12.8 Å². The molecule has 2 atom stereocenters. The highest BCUT2D eigenvalue weighted by molar-refractivity contribution is 4.99. The number of rotatable bonds is 4. The molecule has 0 saturated carbocycles. The highest BCUT2D eigenvalue weighted by atomic mass is 15.3. The lowest BCUT2D eigenvalue weighted by molar-refractivity contribution is 0.292. The Bertz CT molecular complexity index is 400. The maximum Gasteiger partial charge on any atom is 0.133 e. The largest absolute Gasteiger partial charge is 0.315 e. The molecular formula is C14H24N4. The van der Waals surface area contributed by atoms with Crippen LogP contribution < -0.4 is 5.32 Å². The van der Waals surface area contributed by atoms with Gasteiger partial charge in [-0.15, -0.1) is 10.2 Å². The first kappa shape index (κ1) is 12.2. The van der Waals surface area contributed by atoms with Gasteiger partial charge in [0, 0.05) is 25.0 Å². The molecule has 4 heteroatoms. The van der Waals surface area contributed by atoms with Gasteiger partial charge in [-0.1, -0.05) is 6.92 Å². The number of fused-ring (bicyclic) bond motifs is 2. The van der Waals surface area contributed by atoms with Crippen LogP contribution in [0.5, 0.6) is 0 Å². The summed E-state index contributed by atoms with van der Waals surface area (Å²) in [5.41, 5.74) is 0. The molecule has 3 rings (SSSR count). The number of piperidine rings is 1. The van der Waals surface area contributed by atoms with Crippen molar-refractivity contribution in [1.29, 1.82) is 0 Å². The average molecular weight is 248 g/mol. The summed E-state index contributed by atoms with van der Waals surface area (Å²) < 4.78 is 2.31. The first-order valence-electron chi connectivity index (χ1n) is 7.41. The van der Waals surface area contributed by atoms with Crippen molar-refractivity contribution in [3.05, 3.63) is 11.6 Å². The first-order valence-corrected chi connectivity index (χ1v) is 7.41. The summed E-state index contributed by atoms with van der Waals surface area (Å²) in [7, 11) is 0. The summed E-state index contributed by atoms with van der Waals surface area (Å²) in [5.74, 6) is 3.09. The van der Waals surface area contributed by atoms with Gasteiger partial charge in [0.2, 0.25) is 0 Å². The van der Waals surface area contributed by atoms with E-state index in [0.717, 1.165) is 43.2 Å². The Morgan fingerprint density at radius 3 is 2.61 bits per heavy atom. The lowest BCUT2D eigenvalue weighted by atomic mass is 9.89. The molecule has 1 N–H and O–H groups in total. The first-order chi connectivity index (χ1) is 8.76. The van der Waals surface area contributed by atoms with E-state index in [-0.39, 0.29) is 0 Å². The van der Waals surface area contributed by atoms with Crippen molar-refractivity contribution in [2.45, 2.75) is 71.0 Å². The van der Waals surface area contributed by atoms with Gasteiger partial charge in [-0.3, -0.25) is 0 Å². The summed E-state index contributed by atoms with van der Waals surface area (Å²) in [6.45, 7) is 5.35. The average Bonchev–Trinajstić information content (AvgIpc) is 2.86. The third kappa shape index (κ3) is 2.30. The van der Waals surface area contributed by atoms with E-state index in [9.17, 15) is 0 Å². The highest BCUT2D eigenvalue weighted by Gasteiger charge is 2.33. The van der Waals surface area contributed by atoms with Crippen LogP contribution in [0.1, 0.15) is 50.7 Å². The van der Waals surface area contributed by atoms with Gasteiger partial charge in [0.05, 0.1) is 0 Å². The summed E-state index contributed by atoms with van der Waals surface area (Å²) in [6, 6.07) is 1.55. The number of nitrogens with one attached hydrogen (secondary N) is 1. The molecule has 0 spiro atoms. The van der Waals surface area contributed by atoms with Crippen molar-refractivity contribution in [2.24, 2.45) is 5.92 Å². The third-order valence-electron chi connectivity index (χ3n) is 4.50. The zero-order valence-corrected chi connectivity index (χ0v) is 11.5. The molecule has 0 aromatic carbocycles. The number of hydrogen-bond donors (Lipinski definition) is 1. The molecule has 1 aromatic rings. The molecule has 4 nitrogen and oxygen atoms in total. The third-order valence-corrected chi connectivity index (χ3v) is 4.50. The molecule has 0 aliphatic carbocycles. The topological polar surface area (TPSA) is 42.7 Å². The van der Waals surface area contributed by atoms with Crippen molar-refractivity contribution >= 4 is 0 Å². The van der Waals surface area contributed by atoms with Crippen LogP contribution in [0.15, 0.2) is 0 Å². The van der Waals surface area contributed by atoms with Crippen molar-refractivity contribution in [3.63, 3.8) is 0 Å². The van der Waals surface area contributed by atoms with E-state index in [1.807, 2.05) is 0 Å². The lowest BCUT2D eigenvalue weighted by Crippen LogP contribution is -2.38. The van der Waals surface area contributed by atoms with Crippen LogP contribution in [0.4, 0.5) is 0 Å². The second kappa shape index (κ2) is 5.00. The van der Waals surface area contributed by atoms with Crippen molar-refractivity contribution in [1.82, 2.24) is 20.1 Å². The SMILES string of the molecule is CCCn1c(C)nnc1CC1CC2CCC(C1)N2. The van der Waals surface area contributed by atoms with Gasteiger partial charge in [-0.25, -0.2) is 0 Å². The van der Waals surface area contributed by atoms with Crippen LogP contribution >= 0.6 is 0 Å². The van der Waals surface area contributed by atoms with Gasteiger partial charge in [-0.2, -0.15) is 0 Å². The van der Waals surface area contributed by atoms with E-state index in [0.29, 0.717) is 0 Å². The number of aromatic nitrogens is 3. The van der Waals surface area contributed by atoms with E-state index in [2.05, 4.69) is 33.9 Å². The van der Waals surface area contributed by atoms with Gasteiger partial charge in [0.25, 0.3) is 0 Å². The normalized spacial score (nSPS) is 30.9. The van der Waals surface area contributed by atoms with Crippen LogP contribution in [-0.2, 0) is 13.0 Å². The van der Waals surface area contributed by atoms with Gasteiger partial charge in [0.1, 0.15) is 11.6 Å². The van der Waals surface area contributed by atoms with Crippen molar-refractivity contribution < 1.29 is 0 Å². The van der Waals surface area contributed by atoms with Crippen molar-refractivity contribution in [3.8, 4) is 0 Å². The predicted octanol–water partition coefficient (Wildman–Crippen LogP) is 2.07. The second-order valence-electron chi connectivity index (χ2n) is 5.99. The van der Waals surface area contributed by atoms with Crippen LogP contribution in [-0.4, -0.2) is 26.8 Å². The Labute approximate surface area is 109 Å². The van der Waals surface area contributed by atoms with Gasteiger partial charge >= 0.3 is 0 Å². The molecule has 3 heterocycles. The van der Waals surface area contributed by atoms with E-state index in [4.69, 9.17) is 0 Å². The Kier molecular flexibility index (Phi) is 3.37. The summed E-state index contributed by atoms with van der Waals surface area (Å²) in [4.78, 5) is 0. The molecular weight excluding hydrogens is 224 g/mol. The lowest BCUT2D eigenvalue weighted by Gasteiger charge is -2.28. The fourth-order valence-electron chi connectivity index (χ4n) is 3.69. The molecule has 0 amide bonds. The Balaban J connectivity index is 1.69. The van der Waals surface area contributed by atoms with E-state index < -0.39 is 0 Å². The monoisotopic (exact) mass is 248 g/mol. The molecule has 0 radical (unpaired) electrons. The van der Waals surface area contributed by atoms with Crippen LogP contribution in [0.25, 0.3) is 0 Å². The molecule has 2 bridgehead atoms. The van der Waals surface area contributed by atoms with E-state index in [1.54, 1.807) is 0 Å². The van der Waals surface area contributed by atoms with Crippen molar-refractivity contribution in [2.75, 3.05) is 0 Å². The number of nitrogens with zero attached hydrogens (tertiary/aromatic N) is 3. The summed E-state index contributed by atoms with van der Waals surface area (Å²) in [6.07, 6.45) is 7.69. The molecule has 2 saturated heterocycles. The smallest absolute Gasteiger partial charge is 0.133 e. The number of aryl methyl sites for hydroxylation is 1. The maximum absolute atomic E-state index is 4.39. The van der Waals surface area contributed by atoms with E-state index >= 15 is 0 Å². The molecule has 18 heavy (non-hydrogen) atoms. The fourth-order valence-corrected chi connectivity index (χ4v) is 3.69. The molecule has 2 aliphatic rings. The van der Waals surface area contributed by atoms with Gasteiger partial charge in [-0.05, 0) is 44.9 Å². The summed E-state index contributed by atoms with van der Waals surface area (Å²) in [5, 5.41) is 12.4. The Morgan fingerprint density at radius 1 is 1.22 bits per heavy atom. The van der Waals surface area contributed by atoms with Gasteiger partial charge in [0.15, 0.2) is 0 Å². The predicted molar refractivity (Wildman–Crippen MR) is 71.4 cm³/mol. The molecule has 2 fully saturated rings. The zero-order valence-electron chi connectivity index (χ0n) is 11.5. The Hall–Kier alpha value is -0.900. The minimum atomic E-state index is 0.775. The van der Waals surface area contributed by atoms with Crippen LogP contribution in [0.3, 0.4) is 0 Å². The van der Waals surface area contributed by atoms with Gasteiger partial charge < -0.3 is 9.88 Å². The Morgan fingerprint density at radius 2 is 1.94 bits per heavy atom. The minimum Gasteiger partial charge on any atom is -0.315 e.